The zero-order valence-electron chi connectivity index (χ0n) is 17.0. The average Bonchev–Trinajstić information content (AvgIpc) is 3.31. The molecule has 1 saturated heterocycles. The zero-order chi connectivity index (χ0) is 20.5. The van der Waals surface area contributed by atoms with Crippen LogP contribution in [0.5, 0.6) is 0 Å². The van der Waals surface area contributed by atoms with Crippen molar-refractivity contribution in [2.75, 3.05) is 33.2 Å². The van der Waals surface area contributed by atoms with Crippen LogP contribution >= 0.6 is 11.3 Å². The van der Waals surface area contributed by atoms with E-state index in [2.05, 4.69) is 21.3 Å². The standard InChI is InChI=1S/C22H30N4O2S/c1-25(21(27)8-4-13-24-22(28)20-7-5-17-29-20)19-10-15-26(16-11-19)14-9-18-6-2-3-12-23-18/h2-3,5-7,12,17,19H,4,8-11,13-16H2,1H3,(H,24,28). The molecule has 1 aliphatic heterocycles. The molecule has 29 heavy (non-hydrogen) atoms. The van der Waals surface area contributed by atoms with Crippen molar-refractivity contribution in [1.29, 1.82) is 0 Å². The van der Waals surface area contributed by atoms with E-state index in [1.807, 2.05) is 47.8 Å². The van der Waals surface area contributed by atoms with Gasteiger partial charge in [0.1, 0.15) is 0 Å². The fraction of sp³-hybridized carbons (Fsp3) is 0.500. The maximum atomic E-state index is 12.5. The van der Waals surface area contributed by atoms with Gasteiger partial charge in [0, 0.05) is 64.0 Å². The fourth-order valence-electron chi connectivity index (χ4n) is 3.67. The molecular weight excluding hydrogens is 384 g/mol. The number of carbonyl (C=O) groups excluding carboxylic acids is 2. The number of hydrogen-bond acceptors (Lipinski definition) is 5. The van der Waals surface area contributed by atoms with E-state index in [9.17, 15) is 9.59 Å². The van der Waals surface area contributed by atoms with Crippen molar-refractivity contribution < 1.29 is 9.59 Å². The molecule has 2 aromatic rings. The van der Waals surface area contributed by atoms with Gasteiger partial charge < -0.3 is 15.1 Å². The van der Waals surface area contributed by atoms with Gasteiger partial charge in [0.15, 0.2) is 0 Å². The van der Waals surface area contributed by atoms with E-state index < -0.39 is 0 Å². The lowest BCUT2D eigenvalue weighted by Crippen LogP contribution is -2.46. The zero-order valence-corrected chi connectivity index (χ0v) is 17.9. The molecule has 3 heterocycles. The van der Waals surface area contributed by atoms with Crippen LogP contribution in [0.4, 0.5) is 0 Å². The second-order valence-corrected chi connectivity index (χ2v) is 8.43. The van der Waals surface area contributed by atoms with Gasteiger partial charge in [-0.2, -0.15) is 0 Å². The van der Waals surface area contributed by atoms with Crippen molar-refractivity contribution in [2.45, 2.75) is 38.1 Å². The highest BCUT2D eigenvalue weighted by molar-refractivity contribution is 7.12. The molecule has 0 aromatic carbocycles. The summed E-state index contributed by atoms with van der Waals surface area (Å²) in [6.07, 6.45) is 5.98. The number of amides is 2. The number of likely N-dealkylation sites (tertiary alicyclic amines) is 1. The minimum Gasteiger partial charge on any atom is -0.351 e. The Bertz CT molecular complexity index is 758. The fourth-order valence-corrected chi connectivity index (χ4v) is 4.31. The number of carbonyl (C=O) groups is 2. The first-order valence-corrected chi connectivity index (χ1v) is 11.2. The quantitative estimate of drug-likeness (QED) is 0.641. The Labute approximate surface area is 176 Å². The van der Waals surface area contributed by atoms with Crippen LogP contribution in [-0.4, -0.2) is 65.9 Å². The summed E-state index contributed by atoms with van der Waals surface area (Å²) in [5, 5.41) is 4.77. The van der Waals surface area contributed by atoms with Crippen LogP contribution in [-0.2, 0) is 11.2 Å². The summed E-state index contributed by atoms with van der Waals surface area (Å²) in [4.78, 5) is 33.9. The molecule has 0 unspecified atom stereocenters. The van der Waals surface area contributed by atoms with Gasteiger partial charge in [-0.3, -0.25) is 14.6 Å². The Kier molecular flexibility index (Phi) is 8.19. The summed E-state index contributed by atoms with van der Waals surface area (Å²) in [7, 11) is 1.92. The summed E-state index contributed by atoms with van der Waals surface area (Å²) in [6.45, 7) is 3.59. The van der Waals surface area contributed by atoms with Crippen molar-refractivity contribution in [3.63, 3.8) is 0 Å². The first-order valence-electron chi connectivity index (χ1n) is 10.3. The highest BCUT2D eigenvalue weighted by Crippen LogP contribution is 2.17. The van der Waals surface area contributed by atoms with Gasteiger partial charge in [-0.1, -0.05) is 12.1 Å². The Morgan fingerprint density at radius 3 is 2.76 bits per heavy atom. The third-order valence-corrected chi connectivity index (χ3v) is 6.38. The minimum atomic E-state index is -0.0566. The van der Waals surface area contributed by atoms with E-state index in [-0.39, 0.29) is 11.8 Å². The molecule has 2 aromatic heterocycles. The third kappa shape index (κ3) is 6.65. The lowest BCUT2D eigenvalue weighted by atomic mass is 10.0. The van der Waals surface area contributed by atoms with Crippen LogP contribution in [0.15, 0.2) is 41.9 Å². The maximum Gasteiger partial charge on any atom is 0.261 e. The molecule has 7 heteroatoms. The number of piperidine rings is 1. The first kappa shape index (κ1) is 21.5. The monoisotopic (exact) mass is 414 g/mol. The lowest BCUT2D eigenvalue weighted by molar-refractivity contribution is -0.132. The second kappa shape index (κ2) is 11.1. The number of rotatable bonds is 9. The highest BCUT2D eigenvalue weighted by Gasteiger charge is 2.25. The summed E-state index contributed by atoms with van der Waals surface area (Å²) < 4.78 is 0. The van der Waals surface area contributed by atoms with Gasteiger partial charge >= 0.3 is 0 Å². The molecule has 0 saturated carbocycles. The largest absolute Gasteiger partial charge is 0.351 e. The van der Waals surface area contributed by atoms with Crippen LogP contribution in [0.3, 0.4) is 0 Å². The molecule has 2 amide bonds. The van der Waals surface area contributed by atoms with E-state index in [1.54, 1.807) is 0 Å². The molecule has 0 aliphatic carbocycles. The Morgan fingerprint density at radius 2 is 2.07 bits per heavy atom. The van der Waals surface area contributed by atoms with Crippen LogP contribution < -0.4 is 5.32 Å². The molecular formula is C22H30N4O2S. The number of pyridine rings is 1. The van der Waals surface area contributed by atoms with E-state index in [0.717, 1.165) is 44.6 Å². The first-order chi connectivity index (χ1) is 14.1. The molecule has 0 spiro atoms. The van der Waals surface area contributed by atoms with Crippen LogP contribution in [0, 0.1) is 0 Å². The summed E-state index contributed by atoms with van der Waals surface area (Å²) in [6, 6.07) is 10.0. The predicted octanol–water partition coefficient (Wildman–Crippen LogP) is 2.82. The molecule has 156 valence electrons. The van der Waals surface area contributed by atoms with Crippen LogP contribution in [0.2, 0.25) is 0 Å². The minimum absolute atomic E-state index is 0.0566. The second-order valence-electron chi connectivity index (χ2n) is 7.49. The topological polar surface area (TPSA) is 65.5 Å². The number of hydrogen-bond donors (Lipinski definition) is 1. The van der Waals surface area contributed by atoms with Crippen LogP contribution in [0.25, 0.3) is 0 Å². The summed E-state index contributed by atoms with van der Waals surface area (Å²) in [5.74, 6) is 0.112. The molecule has 1 fully saturated rings. The lowest BCUT2D eigenvalue weighted by Gasteiger charge is -2.36. The van der Waals surface area contributed by atoms with Crippen molar-refractivity contribution in [1.82, 2.24) is 20.1 Å². The molecule has 1 aliphatic rings. The summed E-state index contributed by atoms with van der Waals surface area (Å²) in [5.41, 5.74) is 1.13. The van der Waals surface area contributed by atoms with Gasteiger partial charge in [-0.15, -0.1) is 11.3 Å². The summed E-state index contributed by atoms with van der Waals surface area (Å²) >= 11 is 1.43. The van der Waals surface area contributed by atoms with Crippen LogP contribution in [0.1, 0.15) is 41.0 Å². The predicted molar refractivity (Wildman–Crippen MR) is 116 cm³/mol. The Hall–Kier alpha value is -2.25. The molecule has 0 radical (unpaired) electrons. The Morgan fingerprint density at radius 1 is 1.24 bits per heavy atom. The highest BCUT2D eigenvalue weighted by atomic mass is 32.1. The molecule has 1 N–H and O–H groups in total. The number of thiophene rings is 1. The Balaban J connectivity index is 1.30. The molecule has 0 atom stereocenters. The molecule has 3 rings (SSSR count). The maximum absolute atomic E-state index is 12.5. The normalized spacial score (nSPS) is 15.2. The SMILES string of the molecule is CN(C(=O)CCCNC(=O)c1cccs1)C1CCN(CCc2ccccn2)CC1. The van der Waals surface area contributed by atoms with Gasteiger partial charge in [-0.25, -0.2) is 0 Å². The van der Waals surface area contributed by atoms with Crippen molar-refractivity contribution >= 4 is 23.2 Å². The number of nitrogens with one attached hydrogen (secondary N) is 1. The van der Waals surface area contributed by atoms with Crippen molar-refractivity contribution in [2.24, 2.45) is 0 Å². The van der Waals surface area contributed by atoms with E-state index in [0.29, 0.717) is 30.3 Å². The van der Waals surface area contributed by atoms with Gasteiger partial charge in [0.2, 0.25) is 5.91 Å². The number of nitrogens with zero attached hydrogens (tertiary/aromatic N) is 3. The van der Waals surface area contributed by atoms with E-state index in [1.165, 1.54) is 11.3 Å². The van der Waals surface area contributed by atoms with Gasteiger partial charge in [-0.05, 0) is 42.8 Å². The van der Waals surface area contributed by atoms with Crippen molar-refractivity contribution in [3.8, 4) is 0 Å². The average molecular weight is 415 g/mol. The third-order valence-electron chi connectivity index (χ3n) is 5.51. The number of aromatic nitrogens is 1. The molecule has 0 bridgehead atoms. The van der Waals surface area contributed by atoms with Gasteiger partial charge in [0.05, 0.1) is 4.88 Å². The molecule has 6 nitrogen and oxygen atoms in total. The smallest absolute Gasteiger partial charge is 0.261 e. The van der Waals surface area contributed by atoms with Gasteiger partial charge in [0.25, 0.3) is 5.91 Å². The van der Waals surface area contributed by atoms with E-state index in [4.69, 9.17) is 0 Å². The van der Waals surface area contributed by atoms with E-state index >= 15 is 0 Å². The van der Waals surface area contributed by atoms with Crippen molar-refractivity contribution in [3.05, 3.63) is 52.5 Å².